The molecule has 0 bridgehead atoms. The Morgan fingerprint density at radius 1 is 1.42 bits per heavy atom. The van der Waals surface area contributed by atoms with Crippen LogP contribution in [0.3, 0.4) is 0 Å². The van der Waals surface area contributed by atoms with Crippen molar-refractivity contribution < 1.29 is 9.32 Å². The lowest BCUT2D eigenvalue weighted by Gasteiger charge is -2.39. The third-order valence-corrected chi connectivity index (χ3v) is 5.44. The lowest BCUT2D eigenvalue weighted by Crippen LogP contribution is -2.48. The lowest BCUT2D eigenvalue weighted by atomic mass is 9.89. The van der Waals surface area contributed by atoms with E-state index < -0.39 is 0 Å². The molecule has 6 nitrogen and oxygen atoms in total. The van der Waals surface area contributed by atoms with Gasteiger partial charge in [0.05, 0.1) is 16.6 Å². The first-order chi connectivity index (χ1) is 11.8. The Morgan fingerprint density at radius 3 is 3.12 bits per heavy atom. The molecule has 128 valence electrons. The van der Waals surface area contributed by atoms with Crippen molar-refractivity contribution in [2.24, 2.45) is 5.92 Å². The first-order valence-electron chi connectivity index (χ1n) is 9.04. The fourth-order valence-electron chi connectivity index (χ4n) is 4.12. The van der Waals surface area contributed by atoms with Gasteiger partial charge in [-0.1, -0.05) is 12.1 Å². The van der Waals surface area contributed by atoms with Crippen molar-refractivity contribution >= 4 is 17.0 Å². The highest BCUT2D eigenvalue weighted by Gasteiger charge is 2.34. The number of hydrogen-bond donors (Lipinski definition) is 1. The van der Waals surface area contributed by atoms with Gasteiger partial charge in [-0.3, -0.25) is 4.79 Å². The van der Waals surface area contributed by atoms with Gasteiger partial charge in [-0.15, -0.1) is 0 Å². The number of hydrogen-bond acceptors (Lipinski definition) is 5. The lowest BCUT2D eigenvalue weighted by molar-refractivity contribution is 0.0529. The van der Waals surface area contributed by atoms with Crippen molar-refractivity contribution in [1.29, 1.82) is 0 Å². The molecule has 0 spiro atoms. The van der Waals surface area contributed by atoms with Crippen LogP contribution in [0.2, 0.25) is 0 Å². The molecule has 2 aliphatic heterocycles. The molecule has 2 unspecified atom stereocenters. The Morgan fingerprint density at radius 2 is 2.33 bits per heavy atom. The van der Waals surface area contributed by atoms with Gasteiger partial charge in [0, 0.05) is 18.8 Å². The quantitative estimate of drug-likeness (QED) is 0.937. The summed E-state index contributed by atoms with van der Waals surface area (Å²) in [6, 6.07) is 2.25. The summed E-state index contributed by atoms with van der Waals surface area (Å²) in [6.07, 6.45) is 6.98. The minimum Gasteiger partial charge on any atom is -0.336 e. The molecular weight excluding hydrogens is 304 g/mol. The van der Waals surface area contributed by atoms with Crippen molar-refractivity contribution in [3.63, 3.8) is 0 Å². The van der Waals surface area contributed by atoms with Crippen LogP contribution in [0.4, 0.5) is 0 Å². The van der Waals surface area contributed by atoms with Crippen LogP contribution < -0.4 is 5.32 Å². The molecule has 0 aliphatic carbocycles. The van der Waals surface area contributed by atoms with Gasteiger partial charge in [0.2, 0.25) is 0 Å². The fraction of sp³-hybridized carbons (Fsp3) is 0.611. The monoisotopic (exact) mass is 328 g/mol. The van der Waals surface area contributed by atoms with E-state index >= 15 is 0 Å². The van der Waals surface area contributed by atoms with Crippen LogP contribution in [0, 0.1) is 5.92 Å². The number of pyridine rings is 1. The van der Waals surface area contributed by atoms with Crippen LogP contribution in [0.1, 0.15) is 48.7 Å². The van der Waals surface area contributed by atoms with Gasteiger partial charge in [0.25, 0.3) is 11.6 Å². The zero-order valence-corrected chi connectivity index (χ0v) is 14.1. The molecule has 2 fully saturated rings. The maximum absolute atomic E-state index is 13.1. The third-order valence-electron chi connectivity index (χ3n) is 5.44. The normalized spacial score (nSPS) is 24.6. The number of piperidine rings is 1. The maximum atomic E-state index is 13.1. The number of fused-ring (bicyclic) bond motifs is 1. The highest BCUT2D eigenvalue weighted by molar-refractivity contribution is 5.97. The average molecular weight is 328 g/mol. The number of likely N-dealkylation sites (tertiary alicyclic amines) is 1. The van der Waals surface area contributed by atoms with Crippen molar-refractivity contribution in [1.82, 2.24) is 20.4 Å². The summed E-state index contributed by atoms with van der Waals surface area (Å²) in [7, 11) is 0. The van der Waals surface area contributed by atoms with Gasteiger partial charge in [-0.2, -0.15) is 0 Å². The summed E-state index contributed by atoms with van der Waals surface area (Å²) in [5.74, 6) is 0.678. The second-order valence-electron chi connectivity index (χ2n) is 6.87. The minimum atomic E-state index is 0.101. The van der Waals surface area contributed by atoms with Crippen LogP contribution in [0.5, 0.6) is 0 Å². The summed E-state index contributed by atoms with van der Waals surface area (Å²) in [5.41, 5.74) is 2.03. The van der Waals surface area contributed by atoms with E-state index in [1.807, 2.05) is 13.0 Å². The molecule has 2 aliphatic rings. The fourth-order valence-corrected chi connectivity index (χ4v) is 4.12. The van der Waals surface area contributed by atoms with Gasteiger partial charge in [-0.25, -0.2) is 4.98 Å². The molecular formula is C18H24N4O2. The average Bonchev–Trinajstić information content (AvgIpc) is 3.30. The van der Waals surface area contributed by atoms with E-state index in [2.05, 4.69) is 20.4 Å². The SMILES string of the molecule is CCc1noc2ncc(C(=O)N3CCCCC3C3CCNC3)cc12. The number of amides is 1. The van der Waals surface area contributed by atoms with Crippen LogP contribution in [0.25, 0.3) is 11.1 Å². The standard InChI is InChI=1S/C18H24N4O2/c1-2-15-14-9-13(11-20-17(14)24-21-15)18(23)22-8-4-3-5-16(22)12-6-7-19-10-12/h9,11-12,16,19H,2-8,10H2,1H3. The maximum Gasteiger partial charge on any atom is 0.257 e. The molecule has 0 aromatic carbocycles. The number of rotatable bonds is 3. The van der Waals surface area contributed by atoms with E-state index in [0.717, 1.165) is 56.4 Å². The summed E-state index contributed by atoms with van der Waals surface area (Å²) in [6.45, 7) is 4.97. The molecule has 2 atom stereocenters. The molecule has 6 heteroatoms. The van der Waals surface area contributed by atoms with E-state index in [-0.39, 0.29) is 5.91 Å². The highest BCUT2D eigenvalue weighted by atomic mass is 16.5. The molecule has 1 N–H and O–H groups in total. The Hall–Kier alpha value is -1.95. The van der Waals surface area contributed by atoms with Gasteiger partial charge < -0.3 is 14.7 Å². The first-order valence-corrected chi connectivity index (χ1v) is 9.04. The van der Waals surface area contributed by atoms with Crippen LogP contribution in [0.15, 0.2) is 16.8 Å². The van der Waals surface area contributed by atoms with Crippen molar-refractivity contribution in [2.75, 3.05) is 19.6 Å². The first kappa shape index (κ1) is 15.6. The van der Waals surface area contributed by atoms with Crippen LogP contribution >= 0.6 is 0 Å². The third kappa shape index (κ3) is 2.69. The molecule has 1 amide bonds. The van der Waals surface area contributed by atoms with E-state index in [0.29, 0.717) is 23.2 Å². The molecule has 0 radical (unpaired) electrons. The number of carbonyl (C=O) groups is 1. The Bertz CT molecular complexity index is 736. The van der Waals surface area contributed by atoms with Gasteiger partial charge in [0.15, 0.2) is 0 Å². The topological polar surface area (TPSA) is 71.3 Å². The molecule has 2 aromatic rings. The van der Waals surface area contributed by atoms with E-state index in [9.17, 15) is 4.79 Å². The van der Waals surface area contributed by atoms with Gasteiger partial charge >= 0.3 is 0 Å². The minimum absolute atomic E-state index is 0.101. The van der Waals surface area contributed by atoms with E-state index in [1.54, 1.807) is 6.20 Å². The summed E-state index contributed by atoms with van der Waals surface area (Å²) in [4.78, 5) is 19.5. The molecule has 4 heterocycles. The van der Waals surface area contributed by atoms with E-state index in [4.69, 9.17) is 4.52 Å². The van der Waals surface area contributed by atoms with E-state index in [1.165, 1.54) is 6.42 Å². The van der Waals surface area contributed by atoms with Gasteiger partial charge in [-0.05, 0) is 57.2 Å². The van der Waals surface area contributed by atoms with Crippen LogP contribution in [-0.2, 0) is 6.42 Å². The molecule has 4 rings (SSSR count). The zero-order valence-electron chi connectivity index (χ0n) is 14.1. The number of nitrogens with one attached hydrogen (secondary N) is 1. The second-order valence-corrected chi connectivity index (χ2v) is 6.87. The van der Waals surface area contributed by atoms with Crippen molar-refractivity contribution in [3.05, 3.63) is 23.5 Å². The smallest absolute Gasteiger partial charge is 0.257 e. The number of carbonyl (C=O) groups excluding carboxylic acids is 1. The molecule has 2 saturated heterocycles. The van der Waals surface area contributed by atoms with Crippen LogP contribution in [-0.4, -0.2) is 46.6 Å². The number of nitrogens with zero attached hydrogens (tertiary/aromatic N) is 3. The Kier molecular flexibility index (Phi) is 4.22. The van der Waals surface area contributed by atoms with Crippen molar-refractivity contribution in [2.45, 2.75) is 45.1 Å². The summed E-state index contributed by atoms with van der Waals surface area (Å²) >= 11 is 0. The Labute approximate surface area is 141 Å². The molecule has 24 heavy (non-hydrogen) atoms. The van der Waals surface area contributed by atoms with Crippen molar-refractivity contribution in [3.8, 4) is 0 Å². The largest absolute Gasteiger partial charge is 0.336 e. The Balaban J connectivity index is 1.63. The number of aromatic nitrogens is 2. The van der Waals surface area contributed by atoms with Gasteiger partial charge in [0.1, 0.15) is 0 Å². The predicted molar refractivity (Wildman–Crippen MR) is 90.8 cm³/mol. The molecule has 2 aromatic heterocycles. The molecule has 0 saturated carbocycles. The second kappa shape index (κ2) is 6.51. The summed E-state index contributed by atoms with van der Waals surface area (Å²) in [5, 5.41) is 8.33. The zero-order chi connectivity index (χ0) is 16.5. The summed E-state index contributed by atoms with van der Waals surface area (Å²) < 4.78 is 5.23. The predicted octanol–water partition coefficient (Wildman–Crippen LogP) is 2.39. The highest BCUT2D eigenvalue weighted by Crippen LogP contribution is 2.29. The number of aryl methyl sites for hydroxylation is 1.